The average Bonchev–Trinajstić information content (AvgIpc) is 2.51. The maximum atomic E-state index is 11.7. The smallest absolute Gasteiger partial charge is 0.338 e. The van der Waals surface area contributed by atoms with Crippen molar-refractivity contribution in [2.24, 2.45) is 0 Å². The Bertz CT molecular complexity index is 662. The predicted molar refractivity (Wildman–Crippen MR) is 81.1 cm³/mol. The first kappa shape index (κ1) is 15.1. The van der Waals surface area contributed by atoms with Crippen LogP contribution in [0.15, 0.2) is 53.0 Å². The van der Waals surface area contributed by atoms with Gasteiger partial charge in [0.15, 0.2) is 0 Å². The summed E-state index contributed by atoms with van der Waals surface area (Å²) in [6, 6.07) is 15.7. The number of halogens is 1. The summed E-state index contributed by atoms with van der Waals surface area (Å²) in [6.07, 6.45) is 0. The van der Waals surface area contributed by atoms with E-state index in [1.807, 2.05) is 30.3 Å². The van der Waals surface area contributed by atoms with Crippen molar-refractivity contribution in [1.82, 2.24) is 0 Å². The molecule has 0 unspecified atom stereocenters. The van der Waals surface area contributed by atoms with Crippen LogP contribution >= 0.6 is 15.9 Å². The van der Waals surface area contributed by atoms with Crippen molar-refractivity contribution in [3.05, 3.63) is 64.1 Å². The lowest BCUT2D eigenvalue weighted by Gasteiger charge is -2.07. The number of benzene rings is 2. The molecule has 2 aromatic carbocycles. The monoisotopic (exact) mass is 345 g/mol. The van der Waals surface area contributed by atoms with Crippen molar-refractivity contribution >= 4 is 21.9 Å². The van der Waals surface area contributed by atoms with Crippen LogP contribution in [0.4, 0.5) is 0 Å². The van der Waals surface area contributed by atoms with Crippen LogP contribution in [0.5, 0.6) is 5.75 Å². The molecule has 0 saturated carbocycles. The summed E-state index contributed by atoms with van der Waals surface area (Å²) in [5, 5.41) is 8.68. The van der Waals surface area contributed by atoms with Gasteiger partial charge in [0.2, 0.25) is 0 Å². The standard InChI is InChI=1S/C16H12BrNO3/c17-14-2-1-3-15(10-14)20-8-9-21-16(19)13-6-4-12(11-18)5-7-13/h1-7,10H,8-9H2. The van der Waals surface area contributed by atoms with Gasteiger partial charge in [-0.3, -0.25) is 0 Å². The van der Waals surface area contributed by atoms with E-state index >= 15 is 0 Å². The minimum Gasteiger partial charge on any atom is -0.490 e. The van der Waals surface area contributed by atoms with Gasteiger partial charge in [-0.2, -0.15) is 5.26 Å². The normalized spacial score (nSPS) is 9.71. The quantitative estimate of drug-likeness (QED) is 0.614. The molecule has 2 rings (SSSR count). The second kappa shape index (κ2) is 7.46. The van der Waals surface area contributed by atoms with Gasteiger partial charge in [0.05, 0.1) is 17.2 Å². The average molecular weight is 346 g/mol. The third-order valence-electron chi connectivity index (χ3n) is 2.63. The highest BCUT2D eigenvalue weighted by Gasteiger charge is 2.06. The molecule has 4 nitrogen and oxygen atoms in total. The number of carbonyl (C=O) groups is 1. The number of nitriles is 1. The summed E-state index contributed by atoms with van der Waals surface area (Å²) in [5.41, 5.74) is 0.918. The largest absolute Gasteiger partial charge is 0.490 e. The molecule has 0 bridgehead atoms. The molecule has 0 aliphatic rings. The zero-order valence-corrected chi connectivity index (χ0v) is 12.7. The molecular formula is C16H12BrNO3. The van der Waals surface area contributed by atoms with E-state index in [9.17, 15) is 4.79 Å². The van der Waals surface area contributed by atoms with Crippen molar-refractivity contribution in [1.29, 1.82) is 5.26 Å². The summed E-state index contributed by atoms with van der Waals surface area (Å²) < 4.78 is 11.5. The van der Waals surface area contributed by atoms with Crippen molar-refractivity contribution in [3.63, 3.8) is 0 Å². The summed E-state index contributed by atoms with van der Waals surface area (Å²) in [4.78, 5) is 11.7. The minimum atomic E-state index is -0.433. The van der Waals surface area contributed by atoms with Crippen LogP contribution in [0.3, 0.4) is 0 Å². The molecule has 0 amide bonds. The molecule has 106 valence electrons. The van der Waals surface area contributed by atoms with E-state index in [2.05, 4.69) is 15.9 Å². The first-order valence-corrected chi connectivity index (χ1v) is 7.04. The van der Waals surface area contributed by atoms with Gasteiger partial charge >= 0.3 is 5.97 Å². The van der Waals surface area contributed by atoms with Gasteiger partial charge in [-0.15, -0.1) is 0 Å². The number of nitrogens with zero attached hydrogens (tertiary/aromatic N) is 1. The van der Waals surface area contributed by atoms with Gasteiger partial charge in [-0.1, -0.05) is 22.0 Å². The number of hydrogen-bond donors (Lipinski definition) is 0. The third-order valence-corrected chi connectivity index (χ3v) is 3.12. The zero-order valence-electron chi connectivity index (χ0n) is 11.1. The Balaban J connectivity index is 1.77. The second-order valence-electron chi connectivity index (χ2n) is 4.13. The summed E-state index contributed by atoms with van der Waals surface area (Å²) in [5.74, 6) is 0.274. The molecule has 21 heavy (non-hydrogen) atoms. The van der Waals surface area contributed by atoms with Crippen LogP contribution in [0.1, 0.15) is 15.9 Å². The molecule has 0 spiro atoms. The molecule has 0 aliphatic heterocycles. The van der Waals surface area contributed by atoms with Crippen molar-refractivity contribution in [2.75, 3.05) is 13.2 Å². The topological polar surface area (TPSA) is 59.3 Å². The Labute approximate surface area is 131 Å². The Morgan fingerprint density at radius 2 is 1.90 bits per heavy atom. The van der Waals surface area contributed by atoms with E-state index in [4.69, 9.17) is 14.7 Å². The summed E-state index contributed by atoms with van der Waals surface area (Å²) in [7, 11) is 0. The number of hydrogen-bond acceptors (Lipinski definition) is 4. The molecule has 0 aromatic heterocycles. The van der Waals surface area contributed by atoms with Crippen LogP contribution < -0.4 is 4.74 Å². The van der Waals surface area contributed by atoms with Crippen molar-refractivity contribution in [2.45, 2.75) is 0 Å². The lowest BCUT2D eigenvalue weighted by atomic mass is 10.1. The highest BCUT2D eigenvalue weighted by atomic mass is 79.9. The molecule has 0 fully saturated rings. The minimum absolute atomic E-state index is 0.158. The number of ether oxygens (including phenoxy) is 2. The van der Waals surface area contributed by atoms with Crippen molar-refractivity contribution in [3.8, 4) is 11.8 Å². The lowest BCUT2D eigenvalue weighted by molar-refractivity contribution is 0.0450. The second-order valence-corrected chi connectivity index (χ2v) is 5.05. The van der Waals surface area contributed by atoms with E-state index < -0.39 is 5.97 Å². The first-order valence-electron chi connectivity index (χ1n) is 6.25. The number of rotatable bonds is 5. The molecule has 2 aromatic rings. The molecule has 5 heteroatoms. The van der Waals surface area contributed by atoms with Gasteiger partial charge in [0.1, 0.15) is 19.0 Å². The fourth-order valence-corrected chi connectivity index (χ4v) is 1.99. The summed E-state index contributed by atoms with van der Waals surface area (Å²) in [6.45, 7) is 0.434. The molecule has 0 heterocycles. The van der Waals surface area contributed by atoms with E-state index in [0.29, 0.717) is 16.9 Å². The fourth-order valence-electron chi connectivity index (χ4n) is 1.61. The molecule has 0 N–H and O–H groups in total. The Morgan fingerprint density at radius 3 is 2.57 bits per heavy atom. The van der Waals surface area contributed by atoms with Crippen LogP contribution in [-0.4, -0.2) is 19.2 Å². The number of esters is 1. The highest BCUT2D eigenvalue weighted by Crippen LogP contribution is 2.17. The molecule has 0 aliphatic carbocycles. The predicted octanol–water partition coefficient (Wildman–Crippen LogP) is 3.56. The SMILES string of the molecule is N#Cc1ccc(C(=O)OCCOc2cccc(Br)c2)cc1. The Kier molecular flexibility index (Phi) is 5.35. The Morgan fingerprint density at radius 1 is 1.14 bits per heavy atom. The Hall–Kier alpha value is -2.32. The van der Waals surface area contributed by atoms with Crippen LogP contribution in [0.2, 0.25) is 0 Å². The molecule has 0 atom stereocenters. The zero-order chi connectivity index (χ0) is 15.1. The van der Waals surface area contributed by atoms with Crippen molar-refractivity contribution < 1.29 is 14.3 Å². The molecular weight excluding hydrogens is 334 g/mol. The first-order chi connectivity index (χ1) is 10.2. The van der Waals surface area contributed by atoms with E-state index in [1.54, 1.807) is 24.3 Å². The van der Waals surface area contributed by atoms with E-state index in [-0.39, 0.29) is 13.2 Å². The maximum Gasteiger partial charge on any atom is 0.338 e. The van der Waals surface area contributed by atoms with Gasteiger partial charge in [-0.25, -0.2) is 4.79 Å². The van der Waals surface area contributed by atoms with Crippen LogP contribution in [-0.2, 0) is 4.74 Å². The van der Waals surface area contributed by atoms with E-state index in [0.717, 1.165) is 4.47 Å². The maximum absolute atomic E-state index is 11.7. The fraction of sp³-hybridized carbons (Fsp3) is 0.125. The van der Waals surface area contributed by atoms with Gasteiger partial charge < -0.3 is 9.47 Å². The third kappa shape index (κ3) is 4.62. The van der Waals surface area contributed by atoms with Gasteiger partial charge in [-0.05, 0) is 42.5 Å². The lowest BCUT2D eigenvalue weighted by Crippen LogP contribution is -2.12. The van der Waals surface area contributed by atoms with E-state index in [1.165, 1.54) is 0 Å². The molecule has 0 radical (unpaired) electrons. The van der Waals surface area contributed by atoms with Gasteiger partial charge in [0, 0.05) is 4.47 Å². The summed E-state index contributed by atoms with van der Waals surface area (Å²) >= 11 is 3.35. The van der Waals surface area contributed by atoms with Crippen LogP contribution in [0, 0.1) is 11.3 Å². The van der Waals surface area contributed by atoms with Crippen LogP contribution in [0.25, 0.3) is 0 Å². The highest BCUT2D eigenvalue weighted by molar-refractivity contribution is 9.10. The van der Waals surface area contributed by atoms with Gasteiger partial charge in [0.25, 0.3) is 0 Å². The number of carbonyl (C=O) groups excluding carboxylic acids is 1. The molecule has 0 saturated heterocycles.